The summed E-state index contributed by atoms with van der Waals surface area (Å²) < 4.78 is 5.58. The van der Waals surface area contributed by atoms with Crippen LogP contribution in [0.15, 0.2) is 5.38 Å². The van der Waals surface area contributed by atoms with Crippen LogP contribution in [0.4, 0.5) is 0 Å². The Bertz CT molecular complexity index is 483. The van der Waals surface area contributed by atoms with Gasteiger partial charge in [-0.25, -0.2) is 9.78 Å². The number of amides is 1. The maximum absolute atomic E-state index is 11.7. The third kappa shape index (κ3) is 5.43. The monoisotopic (exact) mass is 312 g/mol. The summed E-state index contributed by atoms with van der Waals surface area (Å²) in [7, 11) is 0. The van der Waals surface area contributed by atoms with Crippen LogP contribution in [0.2, 0.25) is 0 Å². The fourth-order valence-corrected chi connectivity index (χ4v) is 3.02. The van der Waals surface area contributed by atoms with Gasteiger partial charge in [0.25, 0.3) is 0 Å². The van der Waals surface area contributed by atoms with E-state index in [-0.39, 0.29) is 17.7 Å². The molecule has 21 heavy (non-hydrogen) atoms. The smallest absolute Gasteiger partial charge is 0.355 e. The molecule has 1 aliphatic heterocycles. The minimum atomic E-state index is -1.02. The third-order valence-corrected chi connectivity index (χ3v) is 4.31. The van der Waals surface area contributed by atoms with Gasteiger partial charge in [0.2, 0.25) is 5.91 Å². The largest absolute Gasteiger partial charge is 0.476 e. The van der Waals surface area contributed by atoms with E-state index >= 15 is 0 Å². The van der Waals surface area contributed by atoms with Crippen molar-refractivity contribution in [1.82, 2.24) is 10.3 Å². The number of rotatable bonds is 7. The molecule has 0 spiro atoms. The second-order valence-electron chi connectivity index (χ2n) is 5.06. The molecule has 1 amide bonds. The molecule has 1 unspecified atom stereocenters. The average molecular weight is 312 g/mol. The van der Waals surface area contributed by atoms with E-state index in [1.807, 2.05) is 0 Å². The van der Waals surface area contributed by atoms with Crippen LogP contribution < -0.4 is 5.32 Å². The molecule has 1 fully saturated rings. The Balaban J connectivity index is 1.61. The first kappa shape index (κ1) is 15.9. The van der Waals surface area contributed by atoms with Gasteiger partial charge >= 0.3 is 5.97 Å². The van der Waals surface area contributed by atoms with E-state index in [4.69, 9.17) is 9.84 Å². The fraction of sp³-hybridized carbons (Fsp3) is 0.643. The number of aromatic nitrogens is 1. The highest BCUT2D eigenvalue weighted by Gasteiger charge is 2.15. The van der Waals surface area contributed by atoms with Crippen LogP contribution >= 0.6 is 11.3 Å². The zero-order chi connectivity index (χ0) is 15.1. The van der Waals surface area contributed by atoms with Crippen molar-refractivity contribution in [3.8, 4) is 0 Å². The fourth-order valence-electron chi connectivity index (χ4n) is 2.25. The topological polar surface area (TPSA) is 88.5 Å². The molecule has 2 heterocycles. The van der Waals surface area contributed by atoms with Gasteiger partial charge in [-0.1, -0.05) is 0 Å². The molecule has 2 N–H and O–H groups in total. The van der Waals surface area contributed by atoms with E-state index < -0.39 is 5.97 Å². The number of carbonyl (C=O) groups excluding carboxylic acids is 1. The summed E-state index contributed by atoms with van der Waals surface area (Å²) in [5, 5.41) is 13.8. The number of hydrogen-bond donors (Lipinski definition) is 2. The predicted octanol–water partition coefficient (Wildman–Crippen LogP) is 1.85. The third-order valence-electron chi connectivity index (χ3n) is 3.40. The van der Waals surface area contributed by atoms with E-state index in [2.05, 4.69) is 10.3 Å². The van der Waals surface area contributed by atoms with Gasteiger partial charge in [-0.2, -0.15) is 0 Å². The maximum Gasteiger partial charge on any atom is 0.355 e. The molecule has 0 aliphatic carbocycles. The lowest BCUT2D eigenvalue weighted by molar-refractivity contribution is -0.122. The van der Waals surface area contributed by atoms with E-state index in [1.165, 1.54) is 23.1 Å². The molecule has 6 nitrogen and oxygen atoms in total. The minimum absolute atomic E-state index is 0.0131. The first-order valence-electron chi connectivity index (χ1n) is 7.21. The number of thiazole rings is 1. The predicted molar refractivity (Wildman–Crippen MR) is 78.6 cm³/mol. The molecule has 0 aromatic carbocycles. The highest BCUT2D eigenvalue weighted by atomic mass is 32.1. The summed E-state index contributed by atoms with van der Waals surface area (Å²) >= 11 is 1.30. The Morgan fingerprint density at radius 1 is 1.48 bits per heavy atom. The molecule has 1 aliphatic rings. The van der Waals surface area contributed by atoms with E-state index in [1.54, 1.807) is 0 Å². The number of aromatic carboxylic acids is 1. The van der Waals surface area contributed by atoms with Crippen LogP contribution in [0.5, 0.6) is 0 Å². The molecule has 1 aromatic rings. The lowest BCUT2D eigenvalue weighted by atomic mass is 10.0. The normalized spacial score (nSPS) is 18.4. The summed E-state index contributed by atoms with van der Waals surface area (Å²) in [5.74, 6) is -1.01. The summed E-state index contributed by atoms with van der Waals surface area (Å²) in [6, 6.07) is 0. The van der Waals surface area contributed by atoms with Gasteiger partial charge in [0.1, 0.15) is 0 Å². The molecular formula is C14H20N2O4S. The summed E-state index contributed by atoms with van der Waals surface area (Å²) in [6.45, 7) is 1.29. The van der Waals surface area contributed by atoms with Crippen molar-refractivity contribution in [2.24, 2.45) is 0 Å². The first-order chi connectivity index (χ1) is 10.1. The van der Waals surface area contributed by atoms with Crippen molar-refractivity contribution in [3.05, 3.63) is 16.1 Å². The van der Waals surface area contributed by atoms with Gasteiger partial charge in [0.15, 0.2) is 5.69 Å². The van der Waals surface area contributed by atoms with Crippen LogP contribution in [-0.4, -0.2) is 41.2 Å². The van der Waals surface area contributed by atoms with Crippen molar-refractivity contribution in [2.75, 3.05) is 13.2 Å². The van der Waals surface area contributed by atoms with Crippen LogP contribution in [-0.2, 0) is 16.0 Å². The van der Waals surface area contributed by atoms with E-state index in [9.17, 15) is 9.59 Å². The summed E-state index contributed by atoms with van der Waals surface area (Å²) in [6.07, 6.45) is 5.38. The van der Waals surface area contributed by atoms with Crippen LogP contribution in [0, 0.1) is 0 Å². The lowest BCUT2D eigenvalue weighted by Crippen LogP contribution is -2.28. The standard InChI is InChI=1S/C14H20N2O4S/c17-12(5-4-10-3-1-2-8-20-10)15-7-6-13-16-11(9-21-13)14(18)19/h9-10H,1-8H2,(H,15,17)(H,18,19). The van der Waals surface area contributed by atoms with Crippen molar-refractivity contribution in [3.63, 3.8) is 0 Å². The number of carbonyl (C=O) groups is 2. The van der Waals surface area contributed by atoms with Crippen molar-refractivity contribution >= 4 is 23.2 Å². The second-order valence-corrected chi connectivity index (χ2v) is 6.00. The zero-order valence-electron chi connectivity index (χ0n) is 11.8. The summed E-state index contributed by atoms with van der Waals surface area (Å²) in [5.41, 5.74) is 0.0655. The highest BCUT2D eigenvalue weighted by molar-refractivity contribution is 7.09. The van der Waals surface area contributed by atoms with Gasteiger partial charge in [-0.3, -0.25) is 4.79 Å². The van der Waals surface area contributed by atoms with Gasteiger partial charge in [-0.05, 0) is 25.7 Å². The molecule has 1 atom stereocenters. The van der Waals surface area contributed by atoms with E-state index in [0.717, 1.165) is 30.9 Å². The molecule has 2 rings (SSSR count). The van der Waals surface area contributed by atoms with Crippen molar-refractivity contribution in [2.45, 2.75) is 44.6 Å². The number of nitrogens with one attached hydrogen (secondary N) is 1. The van der Waals surface area contributed by atoms with Crippen LogP contribution in [0.25, 0.3) is 0 Å². The molecule has 7 heteroatoms. The first-order valence-corrected chi connectivity index (χ1v) is 8.09. The molecule has 0 radical (unpaired) electrons. The number of hydrogen-bond acceptors (Lipinski definition) is 5. The second kappa shape index (κ2) is 8.09. The molecule has 1 aromatic heterocycles. The molecular weight excluding hydrogens is 292 g/mol. The Hall–Kier alpha value is -1.47. The van der Waals surface area contributed by atoms with Crippen molar-refractivity contribution in [1.29, 1.82) is 0 Å². The van der Waals surface area contributed by atoms with Crippen LogP contribution in [0.1, 0.15) is 47.6 Å². The van der Waals surface area contributed by atoms with Gasteiger partial charge < -0.3 is 15.2 Å². The maximum atomic E-state index is 11.7. The van der Waals surface area contributed by atoms with Gasteiger partial charge in [-0.15, -0.1) is 11.3 Å². The highest BCUT2D eigenvalue weighted by Crippen LogP contribution is 2.16. The number of carboxylic acid groups (broad SMARTS) is 1. The molecule has 0 saturated carbocycles. The quantitative estimate of drug-likeness (QED) is 0.802. The minimum Gasteiger partial charge on any atom is -0.476 e. The molecule has 0 bridgehead atoms. The Morgan fingerprint density at radius 3 is 3.00 bits per heavy atom. The number of ether oxygens (including phenoxy) is 1. The molecule has 1 saturated heterocycles. The Labute approximate surface area is 127 Å². The van der Waals surface area contributed by atoms with Gasteiger partial charge in [0, 0.05) is 31.4 Å². The number of carboxylic acids is 1. The van der Waals surface area contributed by atoms with E-state index in [0.29, 0.717) is 19.4 Å². The summed E-state index contributed by atoms with van der Waals surface area (Å²) in [4.78, 5) is 26.4. The van der Waals surface area contributed by atoms with Crippen LogP contribution in [0.3, 0.4) is 0 Å². The number of nitrogens with zero attached hydrogens (tertiary/aromatic N) is 1. The average Bonchev–Trinajstić information content (AvgIpc) is 2.95. The molecule has 116 valence electrons. The van der Waals surface area contributed by atoms with Gasteiger partial charge in [0.05, 0.1) is 11.1 Å². The Kier molecular flexibility index (Phi) is 6.13. The Morgan fingerprint density at radius 2 is 2.33 bits per heavy atom. The lowest BCUT2D eigenvalue weighted by Gasteiger charge is -2.22. The zero-order valence-corrected chi connectivity index (χ0v) is 12.7. The van der Waals surface area contributed by atoms with Crippen molar-refractivity contribution < 1.29 is 19.4 Å². The SMILES string of the molecule is O=C(CCC1CCCCO1)NCCc1nc(C(=O)O)cs1.